The summed E-state index contributed by atoms with van der Waals surface area (Å²) in [5.74, 6) is 0.502. The zero-order chi connectivity index (χ0) is 16.1. The van der Waals surface area contributed by atoms with Gasteiger partial charge >= 0.3 is 0 Å². The van der Waals surface area contributed by atoms with E-state index < -0.39 is 0 Å². The zero-order valence-electron chi connectivity index (χ0n) is 13.3. The van der Waals surface area contributed by atoms with E-state index in [0.717, 1.165) is 11.0 Å². The summed E-state index contributed by atoms with van der Waals surface area (Å²) >= 11 is 3.35. The number of Topliss-reactive ketones (excluding diaryl/α,β-unsaturated/α-hetero) is 1. The highest BCUT2D eigenvalue weighted by Gasteiger charge is 2.21. The Kier molecular flexibility index (Phi) is 8.02. The largest absolute Gasteiger partial charge is 0.496 e. The van der Waals surface area contributed by atoms with Crippen LogP contribution in [0.2, 0.25) is 0 Å². The fraction of sp³-hybridized carbons (Fsp3) is 0.500. The van der Waals surface area contributed by atoms with Crippen molar-refractivity contribution in [1.29, 1.82) is 0 Å². The van der Waals surface area contributed by atoms with Crippen molar-refractivity contribution in [2.75, 3.05) is 26.7 Å². The molecular weight excluding hydrogens is 384 g/mol. The van der Waals surface area contributed by atoms with E-state index in [9.17, 15) is 9.59 Å². The van der Waals surface area contributed by atoms with Crippen LogP contribution in [0.1, 0.15) is 30.1 Å². The predicted octanol–water partition coefficient (Wildman–Crippen LogP) is 2.66. The van der Waals surface area contributed by atoms with Crippen molar-refractivity contribution in [2.24, 2.45) is 0 Å². The van der Waals surface area contributed by atoms with Crippen molar-refractivity contribution >= 4 is 40.0 Å². The number of nitrogens with one attached hydrogen (secondary N) is 1. The second-order valence-corrected chi connectivity index (χ2v) is 6.38. The summed E-state index contributed by atoms with van der Waals surface area (Å²) in [4.78, 5) is 26.4. The van der Waals surface area contributed by atoms with E-state index in [4.69, 9.17) is 4.74 Å². The summed E-state index contributed by atoms with van der Waals surface area (Å²) in [5.41, 5.74) is 0.512. The molecule has 1 saturated heterocycles. The van der Waals surface area contributed by atoms with Crippen molar-refractivity contribution in [3.63, 3.8) is 0 Å². The van der Waals surface area contributed by atoms with Gasteiger partial charge in [0.05, 0.1) is 12.7 Å². The van der Waals surface area contributed by atoms with E-state index in [2.05, 4.69) is 28.2 Å². The minimum atomic E-state index is -0.0744. The van der Waals surface area contributed by atoms with Crippen LogP contribution in [0.25, 0.3) is 0 Å². The van der Waals surface area contributed by atoms with E-state index in [-0.39, 0.29) is 36.9 Å². The number of methoxy groups -OCH3 is 1. The highest BCUT2D eigenvalue weighted by molar-refractivity contribution is 9.10. The number of hydrogen-bond acceptors (Lipinski definition) is 4. The van der Waals surface area contributed by atoms with Crippen LogP contribution in [0.15, 0.2) is 22.7 Å². The van der Waals surface area contributed by atoms with Gasteiger partial charge in [-0.15, -0.1) is 12.4 Å². The molecule has 1 amide bonds. The highest BCUT2D eigenvalue weighted by atomic mass is 79.9. The maximum Gasteiger partial charge on any atom is 0.223 e. The van der Waals surface area contributed by atoms with Gasteiger partial charge in [0.2, 0.25) is 5.91 Å². The molecule has 23 heavy (non-hydrogen) atoms. The number of piperazine rings is 1. The molecule has 0 saturated carbocycles. The average molecular weight is 406 g/mol. The van der Waals surface area contributed by atoms with E-state index >= 15 is 0 Å². The van der Waals surface area contributed by atoms with Crippen LogP contribution in [0.5, 0.6) is 5.75 Å². The van der Waals surface area contributed by atoms with Crippen molar-refractivity contribution in [2.45, 2.75) is 25.8 Å². The van der Waals surface area contributed by atoms with Crippen molar-refractivity contribution in [3.8, 4) is 5.75 Å². The molecule has 0 bridgehead atoms. The third kappa shape index (κ3) is 5.48. The fourth-order valence-corrected chi connectivity index (χ4v) is 2.93. The molecule has 0 aliphatic carbocycles. The lowest BCUT2D eigenvalue weighted by Crippen LogP contribution is -2.51. The van der Waals surface area contributed by atoms with Crippen LogP contribution in [0.4, 0.5) is 0 Å². The lowest BCUT2D eigenvalue weighted by Gasteiger charge is -2.31. The third-order valence-electron chi connectivity index (χ3n) is 3.75. The molecule has 1 heterocycles. The molecule has 1 atom stereocenters. The molecule has 128 valence electrons. The Morgan fingerprint density at radius 1 is 1.39 bits per heavy atom. The van der Waals surface area contributed by atoms with Gasteiger partial charge in [-0.05, 0) is 25.1 Å². The molecule has 1 aromatic rings. The molecule has 0 aromatic heterocycles. The third-order valence-corrected chi connectivity index (χ3v) is 4.24. The monoisotopic (exact) mass is 404 g/mol. The maximum absolute atomic E-state index is 12.3. The van der Waals surface area contributed by atoms with Gasteiger partial charge in [0, 0.05) is 43.0 Å². The van der Waals surface area contributed by atoms with Gasteiger partial charge in [0.1, 0.15) is 5.75 Å². The van der Waals surface area contributed by atoms with Crippen LogP contribution in [-0.4, -0.2) is 49.4 Å². The Morgan fingerprint density at radius 2 is 2.13 bits per heavy atom. The fourth-order valence-electron chi connectivity index (χ4n) is 2.57. The molecule has 1 aliphatic rings. The zero-order valence-corrected chi connectivity index (χ0v) is 15.7. The number of nitrogens with zero attached hydrogens (tertiary/aromatic N) is 1. The second kappa shape index (κ2) is 9.25. The summed E-state index contributed by atoms with van der Waals surface area (Å²) in [7, 11) is 1.54. The number of ketones is 1. The Hall–Kier alpha value is -1.11. The Balaban J connectivity index is 0.00000264. The van der Waals surface area contributed by atoms with E-state index in [0.29, 0.717) is 30.4 Å². The Bertz CT molecular complexity index is 568. The molecule has 1 N–H and O–H groups in total. The number of hydrogen-bond donors (Lipinski definition) is 1. The summed E-state index contributed by atoms with van der Waals surface area (Å²) in [6, 6.07) is 5.61. The van der Waals surface area contributed by atoms with Gasteiger partial charge in [0.25, 0.3) is 0 Å². The van der Waals surface area contributed by atoms with E-state index in [1.807, 2.05) is 11.0 Å². The summed E-state index contributed by atoms with van der Waals surface area (Å²) in [6.45, 7) is 4.27. The molecular formula is C16H22BrClN2O3. The molecule has 0 radical (unpaired) electrons. The predicted molar refractivity (Wildman–Crippen MR) is 95.6 cm³/mol. The summed E-state index contributed by atoms with van der Waals surface area (Å²) in [5, 5.41) is 3.30. The molecule has 1 unspecified atom stereocenters. The number of amides is 1. The molecule has 0 spiro atoms. The topological polar surface area (TPSA) is 58.6 Å². The number of ether oxygens (including phenoxy) is 1. The number of carbonyl (C=O) groups is 2. The quantitative estimate of drug-likeness (QED) is 0.765. The highest BCUT2D eigenvalue weighted by Crippen LogP contribution is 2.24. The molecule has 2 rings (SSSR count). The van der Waals surface area contributed by atoms with Crippen LogP contribution in [0.3, 0.4) is 0 Å². The van der Waals surface area contributed by atoms with E-state index in [1.165, 1.54) is 7.11 Å². The number of carbonyl (C=O) groups excluding carboxylic acids is 2. The van der Waals surface area contributed by atoms with Gasteiger partial charge in [-0.25, -0.2) is 0 Å². The number of rotatable bonds is 5. The van der Waals surface area contributed by atoms with Crippen molar-refractivity contribution in [3.05, 3.63) is 28.2 Å². The maximum atomic E-state index is 12.3. The Labute approximate surface area is 151 Å². The molecule has 1 fully saturated rings. The van der Waals surface area contributed by atoms with Crippen molar-refractivity contribution in [1.82, 2.24) is 10.2 Å². The lowest BCUT2D eigenvalue weighted by molar-refractivity contribution is -0.132. The summed E-state index contributed by atoms with van der Waals surface area (Å²) < 4.78 is 6.03. The molecule has 1 aliphatic heterocycles. The smallest absolute Gasteiger partial charge is 0.223 e. The van der Waals surface area contributed by atoms with Gasteiger partial charge in [-0.3, -0.25) is 9.59 Å². The van der Waals surface area contributed by atoms with E-state index in [1.54, 1.807) is 12.1 Å². The average Bonchev–Trinajstić information content (AvgIpc) is 2.52. The van der Waals surface area contributed by atoms with Crippen LogP contribution >= 0.6 is 28.3 Å². The van der Waals surface area contributed by atoms with Crippen molar-refractivity contribution < 1.29 is 14.3 Å². The number of halogens is 2. The minimum absolute atomic E-state index is 0. The molecule has 1 aromatic carbocycles. The first kappa shape index (κ1) is 19.9. The van der Waals surface area contributed by atoms with Crippen LogP contribution < -0.4 is 10.1 Å². The Morgan fingerprint density at radius 3 is 2.78 bits per heavy atom. The number of benzene rings is 1. The first-order chi connectivity index (χ1) is 10.5. The normalized spacial score (nSPS) is 17.3. The second-order valence-electron chi connectivity index (χ2n) is 5.46. The van der Waals surface area contributed by atoms with Crippen LogP contribution in [0, 0.1) is 0 Å². The molecule has 5 nitrogen and oxygen atoms in total. The standard InChI is InChI=1S/C16H21BrN2O3.ClH/c1-11-10-19(8-7-18-11)16(21)6-4-14(20)13-9-12(17)3-5-15(13)22-2;/h3,5,9,11,18H,4,6-8,10H2,1-2H3;1H. The van der Waals surface area contributed by atoms with Gasteiger partial charge in [0.15, 0.2) is 5.78 Å². The SMILES string of the molecule is COc1ccc(Br)cc1C(=O)CCC(=O)N1CCNC(C)C1.Cl. The molecule has 7 heteroatoms. The first-order valence-corrected chi connectivity index (χ1v) is 8.18. The van der Waals surface area contributed by atoms with Gasteiger partial charge in [-0.1, -0.05) is 15.9 Å². The minimum Gasteiger partial charge on any atom is -0.496 e. The van der Waals surface area contributed by atoms with Crippen LogP contribution in [-0.2, 0) is 4.79 Å². The summed E-state index contributed by atoms with van der Waals surface area (Å²) in [6.07, 6.45) is 0.436. The van der Waals surface area contributed by atoms with Gasteiger partial charge < -0.3 is 15.0 Å². The lowest BCUT2D eigenvalue weighted by atomic mass is 10.0. The first-order valence-electron chi connectivity index (χ1n) is 7.39. The van der Waals surface area contributed by atoms with Gasteiger partial charge in [-0.2, -0.15) is 0 Å².